The Morgan fingerprint density at radius 3 is 2.64 bits per heavy atom. The average Bonchev–Trinajstić information content (AvgIpc) is 3.09. The van der Waals surface area contributed by atoms with E-state index in [4.69, 9.17) is 9.47 Å². The zero-order valence-corrected chi connectivity index (χ0v) is 14.2. The molecule has 2 aromatic heterocycles. The first-order valence-corrected chi connectivity index (χ1v) is 8.24. The Labute approximate surface area is 144 Å². The van der Waals surface area contributed by atoms with E-state index in [1.165, 1.54) is 31.1 Å². The number of halogens is 1. The molecule has 0 saturated carbocycles. The Morgan fingerprint density at radius 2 is 2.00 bits per heavy atom. The summed E-state index contributed by atoms with van der Waals surface area (Å²) in [7, 11) is 0. The zero-order chi connectivity index (χ0) is 17.8. The summed E-state index contributed by atoms with van der Waals surface area (Å²) in [6.07, 6.45) is 0.906. The van der Waals surface area contributed by atoms with Crippen molar-refractivity contribution in [2.75, 3.05) is 31.2 Å². The molecule has 2 aliphatic heterocycles. The van der Waals surface area contributed by atoms with E-state index in [2.05, 4.69) is 26.8 Å². The van der Waals surface area contributed by atoms with Crippen molar-refractivity contribution >= 4 is 17.0 Å². The second-order valence-corrected chi connectivity index (χ2v) is 6.82. The van der Waals surface area contributed by atoms with Crippen molar-refractivity contribution in [3.8, 4) is 0 Å². The van der Waals surface area contributed by atoms with Crippen molar-refractivity contribution < 1.29 is 19.0 Å². The van der Waals surface area contributed by atoms with Gasteiger partial charge in [0, 0.05) is 13.1 Å². The van der Waals surface area contributed by atoms with Gasteiger partial charge >= 0.3 is 0 Å². The number of nitrogens with zero attached hydrogens (tertiary/aromatic N) is 5. The smallest absolute Gasteiger partial charge is 0.183 e. The van der Waals surface area contributed by atoms with Crippen LogP contribution in [0.2, 0.25) is 0 Å². The van der Waals surface area contributed by atoms with Gasteiger partial charge in [0.25, 0.3) is 0 Å². The molecule has 0 aromatic carbocycles. The minimum Gasteiger partial charge on any atom is -0.384 e. The van der Waals surface area contributed by atoms with Crippen LogP contribution < -0.4 is 4.90 Å². The average molecular weight is 350 g/mol. The molecule has 1 radical (unpaired) electrons. The zero-order valence-electron chi connectivity index (χ0n) is 14.2. The van der Waals surface area contributed by atoms with Gasteiger partial charge in [-0.2, -0.15) is 0 Å². The Morgan fingerprint density at radius 1 is 1.28 bits per heavy atom. The minimum atomic E-state index is -2.06. The van der Waals surface area contributed by atoms with Crippen molar-refractivity contribution in [3.05, 3.63) is 19.6 Å². The van der Waals surface area contributed by atoms with Gasteiger partial charge in [0.2, 0.25) is 0 Å². The van der Waals surface area contributed by atoms with Gasteiger partial charge in [-0.05, 0) is 20.8 Å². The molecule has 0 spiro atoms. The summed E-state index contributed by atoms with van der Waals surface area (Å²) >= 11 is 0. The van der Waals surface area contributed by atoms with Crippen LogP contribution in [0, 0.1) is 6.92 Å². The van der Waals surface area contributed by atoms with Crippen LogP contribution in [0.1, 0.15) is 20.1 Å². The van der Waals surface area contributed by atoms with Crippen LogP contribution in [0.5, 0.6) is 0 Å². The van der Waals surface area contributed by atoms with Gasteiger partial charge in [0.1, 0.15) is 11.9 Å². The molecule has 2 aromatic rings. The van der Waals surface area contributed by atoms with Gasteiger partial charge in [0.05, 0.1) is 25.6 Å². The van der Waals surface area contributed by atoms with Gasteiger partial charge in [-0.25, -0.2) is 19.3 Å². The van der Waals surface area contributed by atoms with Crippen LogP contribution in [-0.4, -0.2) is 68.3 Å². The number of anilines is 1. The molecule has 2 aliphatic rings. The number of imidazole rings is 1. The lowest BCUT2D eigenvalue weighted by Gasteiger charge is -2.32. The topological polar surface area (TPSA) is 85.5 Å². The molecular weight excluding hydrogens is 329 g/mol. The second kappa shape index (κ2) is 5.58. The van der Waals surface area contributed by atoms with E-state index in [0.29, 0.717) is 43.3 Å². The fourth-order valence-corrected chi connectivity index (χ4v) is 3.33. The van der Waals surface area contributed by atoms with E-state index in [1.54, 1.807) is 0 Å². The highest BCUT2D eigenvalue weighted by atomic mass is 19.1. The molecule has 4 atom stereocenters. The Hall–Kier alpha value is -1.84. The molecule has 8 nitrogen and oxygen atoms in total. The number of ether oxygens (including phenoxy) is 2. The van der Waals surface area contributed by atoms with Crippen molar-refractivity contribution in [3.63, 3.8) is 0 Å². The van der Waals surface area contributed by atoms with Gasteiger partial charge in [-0.15, -0.1) is 0 Å². The van der Waals surface area contributed by atoms with Gasteiger partial charge in [-0.1, -0.05) is 0 Å². The molecule has 135 valence electrons. The van der Waals surface area contributed by atoms with Crippen LogP contribution in [-0.2, 0) is 9.47 Å². The first kappa shape index (κ1) is 16.6. The van der Waals surface area contributed by atoms with Crippen LogP contribution >= 0.6 is 0 Å². The van der Waals surface area contributed by atoms with Crippen LogP contribution in [0.25, 0.3) is 11.2 Å². The predicted octanol–water partition coefficient (Wildman–Crippen LogP) is 0.874. The van der Waals surface area contributed by atoms with E-state index in [9.17, 15) is 5.11 Å². The van der Waals surface area contributed by atoms with Gasteiger partial charge in [-0.3, -0.25) is 4.57 Å². The Balaban J connectivity index is 1.77. The van der Waals surface area contributed by atoms with E-state index < -0.39 is 23.6 Å². The molecule has 2 fully saturated rings. The number of hydrogen-bond donors (Lipinski definition) is 1. The van der Waals surface area contributed by atoms with E-state index in [1.807, 2.05) is 0 Å². The number of alkyl halides is 1. The summed E-state index contributed by atoms with van der Waals surface area (Å²) in [6.45, 7) is 9.05. The lowest BCUT2D eigenvalue weighted by molar-refractivity contribution is -0.0754. The van der Waals surface area contributed by atoms with Gasteiger partial charge < -0.3 is 19.5 Å². The molecule has 9 heteroatoms. The molecule has 0 amide bonds. The highest BCUT2D eigenvalue weighted by molar-refractivity contribution is 5.83. The summed E-state index contributed by atoms with van der Waals surface area (Å²) in [5.41, 5.74) is -2.77. The Bertz CT molecular complexity index is 787. The van der Waals surface area contributed by atoms with Crippen LogP contribution in [0.15, 0.2) is 12.7 Å². The quantitative estimate of drug-likeness (QED) is 0.860. The standard InChI is InChI=1S/C16H21FN5O3/c1-10-16(3,23)15(2,17)14(25-10)22-9-20-11-12(18-8-19-13(11)22)21-4-6-24-7-5-21/h8-10,14,23H,1,4-7H2,2-3H3/t10-,14?,15+,16?/m1/s1. The maximum Gasteiger partial charge on any atom is 0.183 e. The molecule has 0 bridgehead atoms. The Kier molecular flexibility index (Phi) is 3.71. The number of morpholine rings is 1. The first-order chi connectivity index (χ1) is 11.8. The van der Waals surface area contributed by atoms with Gasteiger partial charge in [0.15, 0.2) is 28.9 Å². The van der Waals surface area contributed by atoms with E-state index >= 15 is 4.39 Å². The molecule has 25 heavy (non-hydrogen) atoms. The van der Waals surface area contributed by atoms with Crippen LogP contribution in [0.4, 0.5) is 10.2 Å². The third-order valence-corrected chi connectivity index (χ3v) is 5.28. The lowest BCUT2D eigenvalue weighted by atomic mass is 9.85. The summed E-state index contributed by atoms with van der Waals surface area (Å²) in [6, 6.07) is 0. The molecule has 2 unspecified atom stereocenters. The third-order valence-electron chi connectivity index (χ3n) is 5.28. The van der Waals surface area contributed by atoms with Crippen molar-refractivity contribution in [1.82, 2.24) is 19.5 Å². The summed E-state index contributed by atoms with van der Waals surface area (Å²) in [5, 5.41) is 10.4. The maximum absolute atomic E-state index is 15.3. The third kappa shape index (κ3) is 2.33. The number of hydrogen-bond acceptors (Lipinski definition) is 7. The summed E-state index contributed by atoms with van der Waals surface area (Å²) in [4.78, 5) is 15.0. The predicted molar refractivity (Wildman–Crippen MR) is 87.8 cm³/mol. The number of aromatic nitrogens is 4. The second-order valence-electron chi connectivity index (χ2n) is 6.82. The highest BCUT2D eigenvalue weighted by Crippen LogP contribution is 2.48. The number of fused-ring (bicyclic) bond motifs is 1. The highest BCUT2D eigenvalue weighted by Gasteiger charge is 2.61. The minimum absolute atomic E-state index is 0.454. The lowest BCUT2D eigenvalue weighted by Crippen LogP contribution is -2.50. The fraction of sp³-hybridized carbons (Fsp3) is 0.625. The first-order valence-electron chi connectivity index (χ1n) is 8.24. The molecule has 0 aliphatic carbocycles. The largest absolute Gasteiger partial charge is 0.384 e. The fourth-order valence-electron chi connectivity index (χ4n) is 3.33. The number of aliphatic hydroxyl groups is 1. The van der Waals surface area contributed by atoms with Crippen LogP contribution in [0.3, 0.4) is 0 Å². The van der Waals surface area contributed by atoms with E-state index in [-0.39, 0.29) is 0 Å². The summed E-state index contributed by atoms with van der Waals surface area (Å²) in [5.74, 6) is 0.684. The molecule has 4 rings (SSSR count). The SMILES string of the molecule is [CH2][C@H]1OC(n2cnc3c(N4CCOCC4)ncnc32)[C@](C)(F)C1(C)O. The monoisotopic (exact) mass is 350 g/mol. The number of rotatable bonds is 2. The van der Waals surface area contributed by atoms with Crippen molar-refractivity contribution in [2.24, 2.45) is 0 Å². The van der Waals surface area contributed by atoms with Crippen molar-refractivity contribution in [1.29, 1.82) is 0 Å². The molecule has 2 saturated heterocycles. The van der Waals surface area contributed by atoms with E-state index in [0.717, 1.165) is 0 Å². The van der Waals surface area contributed by atoms with Crippen molar-refractivity contribution in [2.45, 2.75) is 37.4 Å². The maximum atomic E-state index is 15.3. The molecular formula is C16H21FN5O3. The normalized spacial score (nSPS) is 36.3. The molecule has 4 heterocycles. The molecule has 1 N–H and O–H groups in total. The summed E-state index contributed by atoms with van der Waals surface area (Å²) < 4.78 is 27.8.